The van der Waals surface area contributed by atoms with E-state index in [0.29, 0.717) is 38.2 Å². The molecule has 4 N–H and O–H groups in total. The van der Waals surface area contributed by atoms with Crippen LogP contribution in [-0.2, 0) is 27.9 Å². The third-order valence-electron chi connectivity index (χ3n) is 4.04. The lowest BCUT2D eigenvalue weighted by Gasteiger charge is -2.16. The van der Waals surface area contributed by atoms with Crippen LogP contribution >= 0.6 is 0 Å². The highest BCUT2D eigenvalue weighted by atomic mass is 32.2. The van der Waals surface area contributed by atoms with Gasteiger partial charge in [0, 0.05) is 20.1 Å². The second kappa shape index (κ2) is 10.8. The number of primary sulfonamides is 1. The van der Waals surface area contributed by atoms with E-state index in [2.05, 4.69) is 22.5 Å². The lowest BCUT2D eigenvalue weighted by molar-refractivity contribution is 0.0931. The maximum absolute atomic E-state index is 11.4. The van der Waals surface area contributed by atoms with Gasteiger partial charge in [0.15, 0.2) is 5.96 Å². The Morgan fingerprint density at radius 2 is 1.82 bits per heavy atom. The lowest BCUT2D eigenvalue weighted by atomic mass is 10.2. The third-order valence-corrected chi connectivity index (χ3v) is 4.95. The van der Waals surface area contributed by atoms with Crippen LogP contribution in [0.15, 0.2) is 64.5 Å². The number of nitrogens with one attached hydrogen (secondary N) is 2. The molecule has 0 amide bonds. The zero-order chi connectivity index (χ0) is 20.4. The zero-order valence-electron chi connectivity index (χ0n) is 16.3. The van der Waals surface area contributed by atoms with E-state index in [9.17, 15) is 8.42 Å². The van der Waals surface area contributed by atoms with Crippen molar-refractivity contribution in [1.82, 2.24) is 10.6 Å². The predicted octanol–water partition coefficient (Wildman–Crippen LogP) is 1.85. The summed E-state index contributed by atoms with van der Waals surface area (Å²) in [6.07, 6.45) is 0. The van der Waals surface area contributed by atoms with Crippen molar-refractivity contribution in [2.24, 2.45) is 16.0 Å². The van der Waals surface area contributed by atoms with E-state index in [1.807, 2.05) is 36.4 Å². The van der Waals surface area contributed by atoms with Crippen LogP contribution in [0.2, 0.25) is 0 Å². The van der Waals surface area contributed by atoms with E-state index in [1.165, 1.54) is 6.07 Å². The molecule has 0 radical (unpaired) electrons. The van der Waals surface area contributed by atoms with Crippen LogP contribution in [0.4, 0.5) is 0 Å². The average molecular weight is 405 g/mol. The molecule has 1 unspecified atom stereocenters. The molecule has 2 aromatic carbocycles. The van der Waals surface area contributed by atoms with Crippen LogP contribution in [0.3, 0.4) is 0 Å². The highest BCUT2D eigenvalue weighted by Gasteiger charge is 2.09. The van der Waals surface area contributed by atoms with Crippen molar-refractivity contribution >= 4 is 16.0 Å². The molecule has 152 valence electrons. The summed E-state index contributed by atoms with van der Waals surface area (Å²) in [5.74, 6) is 0.934. The smallest absolute Gasteiger partial charge is 0.238 e. The molecular weight excluding hydrogens is 376 g/mol. The van der Waals surface area contributed by atoms with Crippen LogP contribution in [0.1, 0.15) is 18.1 Å². The van der Waals surface area contributed by atoms with Crippen molar-refractivity contribution in [3.63, 3.8) is 0 Å². The lowest BCUT2D eigenvalue weighted by Crippen LogP contribution is -2.39. The number of rotatable bonds is 9. The number of guanidine groups is 1. The van der Waals surface area contributed by atoms with Gasteiger partial charge in [0.2, 0.25) is 10.0 Å². The van der Waals surface area contributed by atoms with Crippen LogP contribution in [-0.4, -0.2) is 34.6 Å². The minimum absolute atomic E-state index is 0.0962. The molecule has 0 aromatic heterocycles. The Hall–Kier alpha value is -2.42. The summed E-state index contributed by atoms with van der Waals surface area (Å²) in [6, 6.07) is 16.6. The monoisotopic (exact) mass is 404 g/mol. The SMILES string of the molecule is CN=C(NCc1cccc(S(N)(=O)=O)c1)NCC(C)COCc1ccccc1. The van der Waals surface area contributed by atoms with Gasteiger partial charge in [-0.05, 0) is 29.2 Å². The Labute approximate surface area is 167 Å². The number of nitrogens with zero attached hydrogens (tertiary/aromatic N) is 1. The maximum Gasteiger partial charge on any atom is 0.238 e. The topological polar surface area (TPSA) is 106 Å². The van der Waals surface area contributed by atoms with Gasteiger partial charge in [0.1, 0.15) is 0 Å². The van der Waals surface area contributed by atoms with Crippen molar-refractivity contribution in [2.75, 3.05) is 20.2 Å². The summed E-state index contributed by atoms with van der Waals surface area (Å²) in [7, 11) is -2.02. The van der Waals surface area contributed by atoms with E-state index in [-0.39, 0.29) is 4.90 Å². The quantitative estimate of drug-likeness (QED) is 0.437. The minimum atomic E-state index is -3.71. The molecule has 0 fully saturated rings. The van der Waals surface area contributed by atoms with Crippen LogP contribution in [0.25, 0.3) is 0 Å². The molecular formula is C20H28N4O3S. The van der Waals surface area contributed by atoms with Gasteiger partial charge in [-0.15, -0.1) is 0 Å². The fraction of sp³-hybridized carbons (Fsp3) is 0.350. The second-order valence-electron chi connectivity index (χ2n) is 6.60. The van der Waals surface area contributed by atoms with Crippen LogP contribution < -0.4 is 15.8 Å². The normalized spacial score (nSPS) is 13.2. The first-order chi connectivity index (χ1) is 13.4. The first-order valence-corrected chi connectivity index (χ1v) is 10.6. The first-order valence-electron chi connectivity index (χ1n) is 9.06. The molecule has 8 heteroatoms. The van der Waals surface area contributed by atoms with Crippen LogP contribution in [0.5, 0.6) is 0 Å². The van der Waals surface area contributed by atoms with Gasteiger partial charge in [-0.2, -0.15) is 0 Å². The number of ether oxygens (including phenoxy) is 1. The Bertz CT molecular complexity index is 870. The standard InChI is InChI=1S/C20H28N4O3S/c1-16(14-27-15-17-7-4-3-5-8-17)12-23-20(22-2)24-13-18-9-6-10-19(11-18)28(21,25)26/h3-11,16H,12-15H2,1-2H3,(H2,21,25,26)(H2,22,23,24). The number of nitrogens with two attached hydrogens (primary N) is 1. The summed E-state index contributed by atoms with van der Waals surface area (Å²) in [5, 5.41) is 11.6. The van der Waals surface area contributed by atoms with Gasteiger partial charge < -0.3 is 15.4 Å². The van der Waals surface area contributed by atoms with Crippen molar-refractivity contribution in [3.8, 4) is 0 Å². The van der Waals surface area contributed by atoms with Crippen molar-refractivity contribution < 1.29 is 13.2 Å². The van der Waals surface area contributed by atoms with Gasteiger partial charge in [-0.1, -0.05) is 49.4 Å². The van der Waals surface area contributed by atoms with Gasteiger partial charge >= 0.3 is 0 Å². The largest absolute Gasteiger partial charge is 0.376 e. The Kier molecular flexibility index (Phi) is 8.43. The highest BCUT2D eigenvalue weighted by Crippen LogP contribution is 2.09. The highest BCUT2D eigenvalue weighted by molar-refractivity contribution is 7.89. The van der Waals surface area contributed by atoms with Crippen molar-refractivity contribution in [3.05, 3.63) is 65.7 Å². The van der Waals surface area contributed by atoms with E-state index in [0.717, 1.165) is 11.1 Å². The van der Waals surface area contributed by atoms with Gasteiger partial charge in [0.05, 0.1) is 18.1 Å². The number of hydrogen-bond donors (Lipinski definition) is 3. The number of sulfonamides is 1. The average Bonchev–Trinajstić information content (AvgIpc) is 2.68. The molecule has 2 rings (SSSR count). The molecule has 0 aliphatic carbocycles. The summed E-state index contributed by atoms with van der Waals surface area (Å²) in [5.41, 5.74) is 1.95. The second-order valence-corrected chi connectivity index (χ2v) is 8.17. The van der Waals surface area contributed by atoms with Gasteiger partial charge in [-0.3, -0.25) is 4.99 Å². The first kappa shape index (κ1) is 21.9. The molecule has 0 aliphatic rings. The molecule has 1 atom stereocenters. The molecule has 0 spiro atoms. The molecule has 0 saturated carbocycles. The molecule has 0 heterocycles. The Balaban J connectivity index is 1.73. The predicted molar refractivity (Wildman–Crippen MR) is 111 cm³/mol. The van der Waals surface area contributed by atoms with E-state index >= 15 is 0 Å². The summed E-state index contributed by atoms with van der Waals surface area (Å²) >= 11 is 0. The summed E-state index contributed by atoms with van der Waals surface area (Å²) in [6.45, 7) is 4.46. The van der Waals surface area contributed by atoms with Crippen molar-refractivity contribution in [1.29, 1.82) is 0 Å². The summed E-state index contributed by atoms with van der Waals surface area (Å²) in [4.78, 5) is 4.28. The van der Waals surface area contributed by atoms with E-state index < -0.39 is 10.0 Å². The molecule has 0 bridgehead atoms. The molecule has 2 aromatic rings. The molecule has 0 aliphatic heterocycles. The van der Waals surface area contributed by atoms with Gasteiger partial charge in [-0.25, -0.2) is 13.6 Å². The Morgan fingerprint density at radius 3 is 2.50 bits per heavy atom. The molecule has 28 heavy (non-hydrogen) atoms. The number of benzene rings is 2. The Morgan fingerprint density at radius 1 is 1.11 bits per heavy atom. The number of hydrogen-bond acceptors (Lipinski definition) is 4. The van der Waals surface area contributed by atoms with Crippen LogP contribution in [0, 0.1) is 5.92 Å². The molecule has 0 saturated heterocycles. The zero-order valence-corrected chi connectivity index (χ0v) is 17.1. The summed E-state index contributed by atoms with van der Waals surface area (Å²) < 4.78 is 28.6. The van der Waals surface area contributed by atoms with E-state index in [1.54, 1.807) is 19.2 Å². The minimum Gasteiger partial charge on any atom is -0.376 e. The number of aliphatic imine (C=N–C) groups is 1. The van der Waals surface area contributed by atoms with Crippen molar-refractivity contribution in [2.45, 2.75) is 25.0 Å². The van der Waals surface area contributed by atoms with E-state index in [4.69, 9.17) is 9.88 Å². The fourth-order valence-corrected chi connectivity index (χ4v) is 3.10. The third kappa shape index (κ3) is 7.67. The maximum atomic E-state index is 11.4. The van der Waals surface area contributed by atoms with Gasteiger partial charge in [0.25, 0.3) is 0 Å². The molecule has 7 nitrogen and oxygen atoms in total. The fourth-order valence-electron chi connectivity index (χ4n) is 2.52.